The molecule has 21 heavy (non-hydrogen) atoms. The number of alkyl halides is 3. The molecule has 2 aliphatic carbocycles. The number of aliphatic hydroxyl groups excluding tert-OH is 1. The van der Waals surface area contributed by atoms with Crippen molar-refractivity contribution < 1.29 is 23.1 Å². The maximum Gasteiger partial charge on any atom is 0.391 e. The summed E-state index contributed by atoms with van der Waals surface area (Å²) in [6, 6.07) is 0. The molecule has 0 bridgehead atoms. The van der Waals surface area contributed by atoms with Gasteiger partial charge in [0.2, 0.25) is 5.91 Å². The van der Waals surface area contributed by atoms with Gasteiger partial charge in [-0.1, -0.05) is 6.42 Å². The van der Waals surface area contributed by atoms with E-state index in [0.29, 0.717) is 25.3 Å². The first-order valence-electron chi connectivity index (χ1n) is 7.88. The molecule has 3 nitrogen and oxygen atoms in total. The van der Waals surface area contributed by atoms with Crippen LogP contribution in [0.1, 0.15) is 51.4 Å². The minimum absolute atomic E-state index is 0.0707. The van der Waals surface area contributed by atoms with Crippen molar-refractivity contribution >= 4 is 5.91 Å². The lowest BCUT2D eigenvalue weighted by atomic mass is 9.80. The van der Waals surface area contributed by atoms with E-state index in [2.05, 4.69) is 5.32 Å². The van der Waals surface area contributed by atoms with Crippen LogP contribution in [0.4, 0.5) is 13.2 Å². The maximum absolute atomic E-state index is 12.7. The molecular weight excluding hydrogens is 283 g/mol. The van der Waals surface area contributed by atoms with Gasteiger partial charge in [0.1, 0.15) is 0 Å². The molecule has 1 amide bonds. The highest BCUT2D eigenvalue weighted by molar-refractivity contribution is 5.78. The Morgan fingerprint density at radius 2 is 1.76 bits per heavy atom. The summed E-state index contributed by atoms with van der Waals surface area (Å²) < 4.78 is 38.2. The van der Waals surface area contributed by atoms with E-state index in [1.54, 1.807) is 0 Å². The Hall–Kier alpha value is -0.780. The van der Waals surface area contributed by atoms with Crippen molar-refractivity contribution in [3.8, 4) is 0 Å². The van der Waals surface area contributed by atoms with E-state index >= 15 is 0 Å². The number of rotatable bonds is 3. The highest BCUT2D eigenvalue weighted by Crippen LogP contribution is 2.40. The molecule has 0 radical (unpaired) electrons. The number of aliphatic hydroxyl groups is 1. The molecule has 2 atom stereocenters. The Bertz CT molecular complexity index is 351. The second-order valence-corrected chi connectivity index (χ2v) is 6.52. The van der Waals surface area contributed by atoms with Crippen molar-refractivity contribution in [2.75, 3.05) is 6.54 Å². The lowest BCUT2D eigenvalue weighted by Gasteiger charge is -2.31. The number of nitrogens with one attached hydrogen (secondary N) is 1. The number of carbonyl (C=O) groups is 1. The molecule has 0 spiro atoms. The van der Waals surface area contributed by atoms with Crippen LogP contribution >= 0.6 is 0 Å². The molecule has 0 aromatic heterocycles. The van der Waals surface area contributed by atoms with Gasteiger partial charge in [0.15, 0.2) is 0 Å². The predicted octanol–water partition coefficient (Wildman–Crippen LogP) is 3.02. The van der Waals surface area contributed by atoms with Crippen molar-refractivity contribution in [3.05, 3.63) is 0 Å². The van der Waals surface area contributed by atoms with Crippen molar-refractivity contribution in [2.45, 2.75) is 63.6 Å². The number of carbonyl (C=O) groups excluding carboxylic acids is 1. The molecule has 0 aromatic carbocycles. The zero-order chi connectivity index (χ0) is 15.5. The van der Waals surface area contributed by atoms with Gasteiger partial charge in [0, 0.05) is 12.5 Å². The second kappa shape index (κ2) is 6.99. The van der Waals surface area contributed by atoms with E-state index in [1.807, 2.05) is 0 Å². The first kappa shape index (κ1) is 16.6. The smallest absolute Gasteiger partial charge is 0.391 e. The lowest BCUT2D eigenvalue weighted by Crippen LogP contribution is -2.39. The van der Waals surface area contributed by atoms with E-state index in [0.717, 1.165) is 25.7 Å². The van der Waals surface area contributed by atoms with Gasteiger partial charge in [-0.2, -0.15) is 13.2 Å². The van der Waals surface area contributed by atoms with Gasteiger partial charge in [0.05, 0.1) is 12.0 Å². The summed E-state index contributed by atoms with van der Waals surface area (Å²) in [5.41, 5.74) is 0. The van der Waals surface area contributed by atoms with Crippen molar-refractivity contribution in [1.29, 1.82) is 0 Å². The quantitative estimate of drug-likeness (QED) is 0.842. The summed E-state index contributed by atoms with van der Waals surface area (Å²) in [5.74, 6) is -1.71. The molecule has 2 saturated carbocycles. The van der Waals surface area contributed by atoms with E-state index in [1.165, 1.54) is 0 Å². The summed E-state index contributed by atoms with van der Waals surface area (Å²) in [6.07, 6.45) is -0.0674. The number of hydrogen-bond donors (Lipinski definition) is 2. The Balaban J connectivity index is 1.75. The number of amides is 1. The third-order valence-corrected chi connectivity index (χ3v) is 4.89. The van der Waals surface area contributed by atoms with Gasteiger partial charge < -0.3 is 10.4 Å². The normalized spacial score (nSPS) is 34.5. The summed E-state index contributed by atoms with van der Waals surface area (Å²) in [7, 11) is 0. The fraction of sp³-hybridized carbons (Fsp3) is 0.933. The van der Waals surface area contributed by atoms with Crippen LogP contribution in [-0.4, -0.2) is 29.8 Å². The van der Waals surface area contributed by atoms with Crippen LogP contribution in [0.3, 0.4) is 0 Å². The van der Waals surface area contributed by atoms with E-state index in [4.69, 9.17) is 0 Å². The highest BCUT2D eigenvalue weighted by atomic mass is 19.4. The third kappa shape index (κ3) is 4.87. The maximum atomic E-state index is 12.7. The summed E-state index contributed by atoms with van der Waals surface area (Å²) in [6.45, 7) is 0.527. The van der Waals surface area contributed by atoms with Crippen LogP contribution in [0.25, 0.3) is 0 Å². The van der Waals surface area contributed by atoms with Crippen LogP contribution in [0, 0.1) is 17.8 Å². The average Bonchev–Trinajstić information content (AvgIpc) is 2.45. The highest BCUT2D eigenvalue weighted by Gasteiger charge is 2.43. The molecule has 0 aliphatic heterocycles. The largest absolute Gasteiger partial charge is 0.393 e. The Morgan fingerprint density at radius 1 is 1.10 bits per heavy atom. The molecule has 2 unspecified atom stereocenters. The molecule has 0 aromatic rings. The monoisotopic (exact) mass is 307 g/mol. The van der Waals surface area contributed by atoms with Gasteiger partial charge in [-0.3, -0.25) is 4.79 Å². The van der Waals surface area contributed by atoms with E-state index < -0.39 is 18.0 Å². The predicted molar refractivity (Wildman–Crippen MR) is 72.5 cm³/mol. The molecule has 2 aliphatic rings. The van der Waals surface area contributed by atoms with Gasteiger partial charge in [-0.05, 0) is 50.9 Å². The van der Waals surface area contributed by atoms with E-state index in [9.17, 15) is 23.1 Å². The Kier molecular flexibility index (Phi) is 5.52. The molecule has 6 heteroatoms. The first-order chi connectivity index (χ1) is 9.86. The van der Waals surface area contributed by atoms with Gasteiger partial charge in [0.25, 0.3) is 0 Å². The minimum atomic E-state index is -4.18. The van der Waals surface area contributed by atoms with Gasteiger partial charge in [-0.25, -0.2) is 0 Å². The number of halogens is 3. The third-order valence-electron chi connectivity index (χ3n) is 4.89. The summed E-state index contributed by atoms with van der Waals surface area (Å²) >= 11 is 0. The lowest BCUT2D eigenvalue weighted by molar-refractivity contribution is -0.186. The summed E-state index contributed by atoms with van der Waals surface area (Å²) in [4.78, 5) is 12.0. The molecule has 122 valence electrons. The van der Waals surface area contributed by atoms with Crippen molar-refractivity contribution in [2.24, 2.45) is 17.8 Å². The van der Waals surface area contributed by atoms with Gasteiger partial charge in [-0.15, -0.1) is 0 Å². The molecule has 2 rings (SSSR count). The number of hydrogen-bond acceptors (Lipinski definition) is 2. The molecular formula is C15H24F3NO2. The zero-order valence-corrected chi connectivity index (χ0v) is 12.2. The van der Waals surface area contributed by atoms with Crippen LogP contribution in [-0.2, 0) is 4.79 Å². The minimum Gasteiger partial charge on any atom is -0.393 e. The summed E-state index contributed by atoms with van der Waals surface area (Å²) in [5, 5.41) is 12.2. The Morgan fingerprint density at radius 3 is 2.38 bits per heavy atom. The van der Waals surface area contributed by atoms with Crippen molar-refractivity contribution in [3.63, 3.8) is 0 Å². The average molecular weight is 307 g/mol. The second-order valence-electron chi connectivity index (χ2n) is 6.52. The zero-order valence-electron chi connectivity index (χ0n) is 12.2. The van der Waals surface area contributed by atoms with Gasteiger partial charge >= 0.3 is 6.18 Å². The molecule has 2 N–H and O–H groups in total. The SMILES string of the molecule is O=C(NCC1CCC(O)CC1)C1CCCC(C(F)(F)F)C1. The molecule has 2 fully saturated rings. The van der Waals surface area contributed by atoms with Crippen LogP contribution in [0.5, 0.6) is 0 Å². The fourth-order valence-corrected chi connectivity index (χ4v) is 3.46. The van der Waals surface area contributed by atoms with Crippen molar-refractivity contribution in [1.82, 2.24) is 5.32 Å². The molecule has 0 heterocycles. The Labute approximate surface area is 123 Å². The van der Waals surface area contributed by atoms with E-state index in [-0.39, 0.29) is 24.9 Å². The standard InChI is InChI=1S/C15H24F3NO2/c16-15(17,18)12-3-1-2-11(8-12)14(21)19-9-10-4-6-13(20)7-5-10/h10-13,20H,1-9H2,(H,19,21). The van der Waals surface area contributed by atoms with Crippen LogP contribution in [0.2, 0.25) is 0 Å². The fourth-order valence-electron chi connectivity index (χ4n) is 3.46. The van der Waals surface area contributed by atoms with Crippen LogP contribution < -0.4 is 5.32 Å². The van der Waals surface area contributed by atoms with Crippen LogP contribution in [0.15, 0.2) is 0 Å². The topological polar surface area (TPSA) is 49.3 Å². The first-order valence-corrected chi connectivity index (χ1v) is 7.88. The molecule has 0 saturated heterocycles.